The number of halogens is 1. The van der Waals surface area contributed by atoms with Gasteiger partial charge in [0.2, 0.25) is 0 Å². The Bertz CT molecular complexity index is 480. The predicted octanol–water partition coefficient (Wildman–Crippen LogP) is 4.32. The molecule has 0 heterocycles. The molecule has 1 saturated carbocycles. The number of fused-ring (bicyclic) bond motifs is 2. The van der Waals surface area contributed by atoms with Gasteiger partial charge in [-0.15, -0.1) is 0 Å². The number of alkyl halides is 1. The molecule has 0 aliphatic heterocycles. The smallest absolute Gasteiger partial charge is 0.119 e. The molecule has 2 unspecified atom stereocenters. The normalized spacial score (nSPS) is 32.1. The van der Waals surface area contributed by atoms with Crippen LogP contribution in [0, 0.1) is 11.3 Å². The first-order chi connectivity index (χ1) is 8.57. The van der Waals surface area contributed by atoms with Crippen LogP contribution in [-0.2, 0) is 11.8 Å². The zero-order valence-electron chi connectivity index (χ0n) is 11.4. The third-order valence-electron chi connectivity index (χ3n) is 5.50. The summed E-state index contributed by atoms with van der Waals surface area (Å²) in [6.45, 7) is 4.85. The fraction of sp³-hybridized carbons (Fsp3) is 0.625. The van der Waals surface area contributed by atoms with E-state index in [1.807, 2.05) is 0 Å². The second-order valence-corrected chi connectivity index (χ2v) is 6.92. The largest absolute Gasteiger partial charge is 0.497 e. The first kappa shape index (κ1) is 12.5. The van der Waals surface area contributed by atoms with E-state index in [4.69, 9.17) is 4.74 Å². The molecule has 18 heavy (non-hydrogen) atoms. The van der Waals surface area contributed by atoms with Crippen molar-refractivity contribution >= 4 is 15.9 Å². The maximum absolute atomic E-state index is 5.43. The third kappa shape index (κ3) is 1.39. The molecule has 2 atom stereocenters. The van der Waals surface area contributed by atoms with Crippen molar-refractivity contribution in [2.75, 3.05) is 12.4 Å². The van der Waals surface area contributed by atoms with Crippen molar-refractivity contribution in [1.82, 2.24) is 0 Å². The molecule has 3 rings (SSSR count). The van der Waals surface area contributed by atoms with Crippen molar-refractivity contribution in [3.05, 3.63) is 29.3 Å². The van der Waals surface area contributed by atoms with Crippen molar-refractivity contribution in [3.63, 3.8) is 0 Å². The lowest BCUT2D eigenvalue weighted by molar-refractivity contribution is 0.403. The summed E-state index contributed by atoms with van der Waals surface area (Å²) in [5.41, 5.74) is 3.90. The topological polar surface area (TPSA) is 9.23 Å². The van der Waals surface area contributed by atoms with E-state index in [1.54, 1.807) is 18.2 Å². The average molecular weight is 309 g/mol. The summed E-state index contributed by atoms with van der Waals surface area (Å²) in [6, 6.07) is 6.67. The van der Waals surface area contributed by atoms with Crippen molar-refractivity contribution in [2.24, 2.45) is 11.3 Å². The summed E-state index contributed by atoms with van der Waals surface area (Å²) in [7, 11) is 1.76. The Morgan fingerprint density at radius 1 is 1.39 bits per heavy atom. The van der Waals surface area contributed by atoms with Crippen molar-refractivity contribution in [3.8, 4) is 5.75 Å². The van der Waals surface area contributed by atoms with Gasteiger partial charge in [0, 0.05) is 10.7 Å². The highest BCUT2D eigenvalue weighted by atomic mass is 79.9. The van der Waals surface area contributed by atoms with Crippen LogP contribution in [0.15, 0.2) is 18.2 Å². The van der Waals surface area contributed by atoms with Gasteiger partial charge >= 0.3 is 0 Å². The van der Waals surface area contributed by atoms with Crippen molar-refractivity contribution in [2.45, 2.75) is 38.5 Å². The molecule has 1 fully saturated rings. The van der Waals surface area contributed by atoms with Crippen LogP contribution < -0.4 is 4.74 Å². The molecule has 2 heteroatoms. The summed E-state index contributed by atoms with van der Waals surface area (Å²) in [5, 5.41) is 1.11. The number of hydrogen-bond donors (Lipinski definition) is 0. The van der Waals surface area contributed by atoms with Crippen LogP contribution in [0.25, 0.3) is 0 Å². The lowest BCUT2D eigenvalue weighted by atomic mass is 9.75. The van der Waals surface area contributed by atoms with Gasteiger partial charge in [0.25, 0.3) is 0 Å². The number of methoxy groups -OCH3 is 1. The molecule has 1 aromatic rings. The Hall–Kier alpha value is -0.500. The first-order valence-corrected chi connectivity index (χ1v) is 7.93. The predicted molar refractivity (Wildman–Crippen MR) is 78.7 cm³/mol. The van der Waals surface area contributed by atoms with Gasteiger partial charge in [-0.1, -0.05) is 35.8 Å². The van der Waals surface area contributed by atoms with Gasteiger partial charge in [-0.05, 0) is 53.9 Å². The number of benzene rings is 1. The Morgan fingerprint density at radius 3 is 2.78 bits per heavy atom. The molecular weight excluding hydrogens is 288 g/mol. The summed E-state index contributed by atoms with van der Waals surface area (Å²) < 4.78 is 5.43. The summed E-state index contributed by atoms with van der Waals surface area (Å²) in [4.78, 5) is 0. The fourth-order valence-corrected chi connectivity index (χ4v) is 5.69. The lowest BCUT2D eigenvalue weighted by Crippen LogP contribution is -2.22. The van der Waals surface area contributed by atoms with Crippen LogP contribution in [0.2, 0.25) is 0 Å². The number of rotatable bonds is 2. The maximum Gasteiger partial charge on any atom is 0.119 e. The van der Waals surface area contributed by atoms with Crippen molar-refractivity contribution < 1.29 is 4.74 Å². The molecule has 0 bridgehead atoms. The quantitative estimate of drug-likeness (QED) is 0.739. The van der Waals surface area contributed by atoms with Gasteiger partial charge in [-0.2, -0.15) is 0 Å². The molecule has 1 nitrogen and oxygen atoms in total. The van der Waals surface area contributed by atoms with Gasteiger partial charge in [0.05, 0.1) is 7.11 Å². The van der Waals surface area contributed by atoms with Crippen LogP contribution in [-0.4, -0.2) is 12.4 Å². The molecule has 2 aliphatic rings. The van der Waals surface area contributed by atoms with E-state index in [-0.39, 0.29) is 0 Å². The van der Waals surface area contributed by atoms with E-state index >= 15 is 0 Å². The molecule has 98 valence electrons. The monoisotopic (exact) mass is 308 g/mol. The summed E-state index contributed by atoms with van der Waals surface area (Å²) in [5.74, 6) is 1.77. The molecule has 0 N–H and O–H groups in total. The second-order valence-electron chi connectivity index (χ2n) is 6.28. The molecule has 0 saturated heterocycles. The van der Waals surface area contributed by atoms with Crippen LogP contribution >= 0.6 is 15.9 Å². The summed E-state index contributed by atoms with van der Waals surface area (Å²) >= 11 is 3.72. The molecule has 1 spiro atoms. The second kappa shape index (κ2) is 4.00. The zero-order valence-corrected chi connectivity index (χ0v) is 13.0. The standard InChI is InChI=1S/C16H21BrO/c1-15(2)14(10-17)16(15)8-4-5-11-6-7-12(18-3)9-13(11)16/h6-7,9,14H,4-5,8,10H2,1-3H3. The minimum atomic E-state index is 0.388. The van der Waals surface area contributed by atoms with E-state index in [0.717, 1.165) is 17.0 Å². The fourth-order valence-electron chi connectivity index (χ4n) is 4.33. The van der Waals surface area contributed by atoms with E-state index < -0.39 is 0 Å². The highest BCUT2D eigenvalue weighted by Gasteiger charge is 2.71. The van der Waals surface area contributed by atoms with Gasteiger partial charge in [-0.3, -0.25) is 0 Å². The van der Waals surface area contributed by atoms with Crippen molar-refractivity contribution in [1.29, 1.82) is 0 Å². The van der Waals surface area contributed by atoms with Gasteiger partial charge in [0.1, 0.15) is 5.75 Å². The Balaban J connectivity index is 2.13. The minimum Gasteiger partial charge on any atom is -0.497 e. The third-order valence-corrected chi connectivity index (χ3v) is 6.15. The SMILES string of the molecule is COc1ccc2c(c1)C1(CCC2)C(CBr)C1(C)C. The number of aryl methyl sites for hydroxylation is 1. The Labute approximate surface area is 118 Å². The van der Waals surface area contributed by atoms with E-state index in [2.05, 4.69) is 48.0 Å². The maximum atomic E-state index is 5.43. The van der Waals surface area contributed by atoms with E-state index in [9.17, 15) is 0 Å². The average Bonchev–Trinajstić information content (AvgIpc) is 2.85. The van der Waals surface area contributed by atoms with E-state index in [1.165, 1.54) is 19.3 Å². The van der Waals surface area contributed by atoms with E-state index in [0.29, 0.717) is 10.8 Å². The minimum absolute atomic E-state index is 0.388. The van der Waals surface area contributed by atoms with Gasteiger partial charge in [0.15, 0.2) is 0 Å². The summed E-state index contributed by atoms with van der Waals surface area (Å²) in [6.07, 6.45) is 3.88. The number of ether oxygens (including phenoxy) is 1. The molecule has 1 aromatic carbocycles. The Kier molecular flexibility index (Phi) is 2.78. The molecule has 0 amide bonds. The first-order valence-electron chi connectivity index (χ1n) is 6.81. The highest BCUT2D eigenvalue weighted by Crippen LogP contribution is 2.73. The lowest BCUT2D eigenvalue weighted by Gasteiger charge is -2.29. The van der Waals surface area contributed by atoms with Crippen LogP contribution in [0.1, 0.15) is 37.8 Å². The molecule has 0 radical (unpaired) electrons. The van der Waals surface area contributed by atoms with Gasteiger partial charge < -0.3 is 4.74 Å². The van der Waals surface area contributed by atoms with Gasteiger partial charge in [-0.25, -0.2) is 0 Å². The molecule has 0 aromatic heterocycles. The Morgan fingerprint density at radius 2 is 2.17 bits per heavy atom. The molecular formula is C16H21BrO. The van der Waals surface area contributed by atoms with Crippen LogP contribution in [0.4, 0.5) is 0 Å². The van der Waals surface area contributed by atoms with Crippen LogP contribution in [0.5, 0.6) is 5.75 Å². The number of hydrogen-bond acceptors (Lipinski definition) is 1. The zero-order chi connectivity index (χ0) is 13.0. The highest BCUT2D eigenvalue weighted by molar-refractivity contribution is 9.09. The molecule has 2 aliphatic carbocycles. The van der Waals surface area contributed by atoms with Crippen LogP contribution in [0.3, 0.4) is 0 Å².